The first-order valence-corrected chi connectivity index (χ1v) is 11.5. The van der Waals surface area contributed by atoms with Crippen molar-refractivity contribution in [3.05, 3.63) is 43.2 Å². The average Bonchev–Trinajstić information content (AvgIpc) is 3.35. The highest BCUT2D eigenvalue weighted by Crippen LogP contribution is 2.24. The number of hydrogen-bond donors (Lipinski definition) is 5. The molecule has 0 fully saturated rings. The van der Waals surface area contributed by atoms with E-state index in [9.17, 15) is 19.2 Å². The number of thiophene rings is 2. The van der Waals surface area contributed by atoms with Crippen LogP contribution in [0.1, 0.15) is 45.8 Å². The van der Waals surface area contributed by atoms with Crippen LogP contribution in [-0.4, -0.2) is 44.1 Å². The van der Waals surface area contributed by atoms with Crippen molar-refractivity contribution in [2.45, 2.75) is 44.6 Å². The van der Waals surface area contributed by atoms with Crippen LogP contribution in [0.15, 0.2) is 22.3 Å². The van der Waals surface area contributed by atoms with Crippen molar-refractivity contribution < 1.29 is 24.6 Å². The number of hydrogen-bond acceptors (Lipinski definition) is 8. The van der Waals surface area contributed by atoms with E-state index in [1.54, 1.807) is 6.07 Å². The van der Waals surface area contributed by atoms with Gasteiger partial charge in [0.15, 0.2) is 0 Å². The fourth-order valence-electron chi connectivity index (χ4n) is 3.13. The standard InChI is InChI=1S/C20H22N4O6S2/c21-20-23-16(27)12-8-11(32-18(12)24-20)4-2-1-3-10-7-14(31-9-10)17(28)22-13(19(29)30)5-6-15(25)26/h7-9,13H,1-6H2,(H,22,28)(H,25,26)(H,29,30)(H3,21,23,24,27)/t13-/m0/s1. The molecule has 3 heterocycles. The number of aromatic amines is 1. The maximum atomic E-state index is 12.3. The van der Waals surface area contributed by atoms with Gasteiger partial charge in [0.1, 0.15) is 10.9 Å². The number of carbonyl (C=O) groups excluding carboxylic acids is 1. The van der Waals surface area contributed by atoms with Gasteiger partial charge in [0, 0.05) is 11.3 Å². The molecule has 10 nitrogen and oxygen atoms in total. The lowest BCUT2D eigenvalue weighted by Gasteiger charge is -2.12. The number of nitrogens with two attached hydrogens (primary N) is 1. The number of aryl methyl sites for hydroxylation is 2. The highest BCUT2D eigenvalue weighted by molar-refractivity contribution is 7.18. The topological polar surface area (TPSA) is 175 Å². The summed E-state index contributed by atoms with van der Waals surface area (Å²) in [5, 5.41) is 22.6. The van der Waals surface area contributed by atoms with Crippen molar-refractivity contribution in [1.82, 2.24) is 15.3 Å². The first kappa shape index (κ1) is 23.4. The Labute approximate surface area is 190 Å². The zero-order valence-corrected chi connectivity index (χ0v) is 18.6. The number of amides is 1. The van der Waals surface area contributed by atoms with E-state index in [0.717, 1.165) is 36.1 Å². The van der Waals surface area contributed by atoms with E-state index in [1.165, 1.54) is 22.7 Å². The summed E-state index contributed by atoms with van der Waals surface area (Å²) in [5.41, 5.74) is 6.30. The molecular weight excluding hydrogens is 456 g/mol. The minimum Gasteiger partial charge on any atom is -0.481 e. The summed E-state index contributed by atoms with van der Waals surface area (Å²) in [6.07, 6.45) is 2.77. The van der Waals surface area contributed by atoms with Gasteiger partial charge >= 0.3 is 11.9 Å². The molecule has 170 valence electrons. The monoisotopic (exact) mass is 478 g/mol. The Bertz CT molecular complexity index is 1200. The van der Waals surface area contributed by atoms with E-state index in [1.807, 2.05) is 11.4 Å². The number of carboxylic acid groups (broad SMARTS) is 2. The molecule has 6 N–H and O–H groups in total. The predicted molar refractivity (Wildman–Crippen MR) is 121 cm³/mol. The third-order valence-electron chi connectivity index (χ3n) is 4.74. The van der Waals surface area contributed by atoms with Crippen molar-refractivity contribution in [3.8, 4) is 0 Å². The first-order valence-electron chi connectivity index (χ1n) is 9.84. The summed E-state index contributed by atoms with van der Waals surface area (Å²) in [4.78, 5) is 54.8. The zero-order chi connectivity index (χ0) is 23.3. The van der Waals surface area contributed by atoms with Crippen LogP contribution in [0, 0.1) is 0 Å². The number of fused-ring (bicyclic) bond motifs is 1. The molecule has 0 aliphatic carbocycles. The highest BCUT2D eigenvalue weighted by Gasteiger charge is 2.22. The molecule has 0 radical (unpaired) electrons. The fraction of sp³-hybridized carbons (Fsp3) is 0.350. The van der Waals surface area contributed by atoms with Crippen molar-refractivity contribution >= 4 is 56.7 Å². The molecule has 1 atom stereocenters. The second-order valence-electron chi connectivity index (χ2n) is 7.21. The molecule has 0 spiro atoms. The van der Waals surface area contributed by atoms with Gasteiger partial charge in [-0.25, -0.2) is 9.78 Å². The quantitative estimate of drug-likeness (QED) is 0.261. The number of carboxylic acids is 2. The van der Waals surface area contributed by atoms with E-state index >= 15 is 0 Å². The Hall–Kier alpha value is -3.25. The molecule has 0 bridgehead atoms. The van der Waals surface area contributed by atoms with Gasteiger partial charge in [-0.2, -0.15) is 0 Å². The van der Waals surface area contributed by atoms with Gasteiger partial charge in [0.25, 0.3) is 11.5 Å². The van der Waals surface area contributed by atoms with Crippen molar-refractivity contribution in [1.29, 1.82) is 0 Å². The smallest absolute Gasteiger partial charge is 0.326 e. The summed E-state index contributed by atoms with van der Waals surface area (Å²) < 4.78 is 0. The largest absolute Gasteiger partial charge is 0.481 e. The Morgan fingerprint density at radius 2 is 1.94 bits per heavy atom. The van der Waals surface area contributed by atoms with Crippen LogP contribution in [0.2, 0.25) is 0 Å². The van der Waals surface area contributed by atoms with E-state index in [4.69, 9.17) is 15.9 Å². The molecule has 0 aliphatic heterocycles. The van der Waals surface area contributed by atoms with Gasteiger partial charge < -0.3 is 21.3 Å². The Kier molecular flexibility index (Phi) is 7.59. The van der Waals surface area contributed by atoms with Gasteiger partial charge in [-0.1, -0.05) is 0 Å². The highest BCUT2D eigenvalue weighted by atomic mass is 32.1. The third-order valence-corrected chi connectivity index (χ3v) is 6.80. The number of aromatic nitrogens is 2. The van der Waals surface area contributed by atoms with Gasteiger partial charge in [-0.3, -0.25) is 19.4 Å². The number of nitrogen functional groups attached to an aromatic ring is 1. The molecule has 32 heavy (non-hydrogen) atoms. The zero-order valence-electron chi connectivity index (χ0n) is 16.9. The number of anilines is 1. The number of nitrogens with zero attached hydrogens (tertiary/aromatic N) is 1. The van der Waals surface area contributed by atoms with Crippen LogP contribution in [0.25, 0.3) is 10.2 Å². The molecule has 0 saturated heterocycles. The van der Waals surface area contributed by atoms with Crippen molar-refractivity contribution in [3.63, 3.8) is 0 Å². The van der Waals surface area contributed by atoms with Gasteiger partial charge in [-0.05, 0) is 55.2 Å². The van der Waals surface area contributed by atoms with Crippen LogP contribution in [-0.2, 0) is 22.4 Å². The maximum absolute atomic E-state index is 12.3. The minimum atomic E-state index is -1.27. The maximum Gasteiger partial charge on any atom is 0.326 e. The van der Waals surface area contributed by atoms with Gasteiger partial charge in [0.05, 0.1) is 10.3 Å². The normalized spacial score (nSPS) is 12.0. The van der Waals surface area contributed by atoms with Crippen LogP contribution >= 0.6 is 22.7 Å². The molecule has 0 aliphatic rings. The number of rotatable bonds is 11. The summed E-state index contributed by atoms with van der Waals surface area (Å²) >= 11 is 2.67. The number of aliphatic carboxylic acids is 2. The second kappa shape index (κ2) is 10.4. The lowest BCUT2D eigenvalue weighted by molar-refractivity contribution is -0.140. The fourth-order valence-corrected chi connectivity index (χ4v) is 5.06. The lowest BCUT2D eigenvalue weighted by Crippen LogP contribution is -2.40. The van der Waals surface area contributed by atoms with E-state index in [-0.39, 0.29) is 24.3 Å². The van der Waals surface area contributed by atoms with Gasteiger partial charge in [0.2, 0.25) is 5.95 Å². The SMILES string of the molecule is Nc1nc2sc(CCCCc3csc(C(=O)N[C@@H](CCC(=O)O)C(=O)O)c3)cc2c(=O)[nH]1. The lowest BCUT2D eigenvalue weighted by atomic mass is 10.1. The summed E-state index contributed by atoms with van der Waals surface area (Å²) in [7, 11) is 0. The Balaban J connectivity index is 1.49. The first-order chi connectivity index (χ1) is 15.2. The molecule has 3 aromatic heterocycles. The Morgan fingerprint density at radius 3 is 2.66 bits per heavy atom. The second-order valence-corrected chi connectivity index (χ2v) is 9.23. The molecule has 12 heteroatoms. The molecule has 0 saturated carbocycles. The number of carbonyl (C=O) groups is 3. The number of H-pyrrole nitrogens is 1. The third kappa shape index (κ3) is 6.14. The molecule has 0 aromatic carbocycles. The minimum absolute atomic E-state index is 0.102. The summed E-state index contributed by atoms with van der Waals surface area (Å²) in [6.45, 7) is 0. The van der Waals surface area contributed by atoms with Crippen molar-refractivity contribution in [2.75, 3.05) is 5.73 Å². The molecule has 0 unspecified atom stereocenters. The summed E-state index contributed by atoms with van der Waals surface area (Å²) in [6, 6.07) is 2.31. The number of nitrogens with one attached hydrogen (secondary N) is 2. The molecule has 1 amide bonds. The van der Waals surface area contributed by atoms with Gasteiger partial charge in [-0.15, -0.1) is 22.7 Å². The van der Waals surface area contributed by atoms with Crippen LogP contribution in [0.3, 0.4) is 0 Å². The average molecular weight is 479 g/mol. The molecular formula is C20H22N4O6S2. The molecule has 3 aromatic rings. The van der Waals surface area contributed by atoms with Crippen LogP contribution in [0.5, 0.6) is 0 Å². The Morgan fingerprint density at radius 1 is 1.19 bits per heavy atom. The predicted octanol–water partition coefficient (Wildman–Crippen LogP) is 2.24. The van der Waals surface area contributed by atoms with E-state index in [0.29, 0.717) is 15.1 Å². The number of unbranched alkanes of at least 4 members (excludes halogenated alkanes) is 1. The van der Waals surface area contributed by atoms with Crippen molar-refractivity contribution in [2.24, 2.45) is 0 Å². The van der Waals surface area contributed by atoms with Crippen LogP contribution in [0.4, 0.5) is 5.95 Å². The summed E-state index contributed by atoms with van der Waals surface area (Å²) in [5.74, 6) is -2.81. The van der Waals surface area contributed by atoms with E-state index < -0.39 is 23.9 Å². The molecule has 3 rings (SSSR count). The van der Waals surface area contributed by atoms with Crippen LogP contribution < -0.4 is 16.6 Å². The van der Waals surface area contributed by atoms with E-state index in [2.05, 4.69) is 15.3 Å².